The standard InChI is InChI=1S/C14H20N4O3/c1-3-7-15-11-5-4-6-12(13(11)18(20)21)17-9-8-16-14(19)10(17)2/h4-6,10,15H,3,7-9H2,1-2H3,(H,16,19). The summed E-state index contributed by atoms with van der Waals surface area (Å²) in [6.45, 7) is 5.47. The second-order valence-corrected chi connectivity index (χ2v) is 5.02. The van der Waals surface area contributed by atoms with Gasteiger partial charge in [0.05, 0.1) is 4.92 Å². The highest BCUT2D eigenvalue weighted by molar-refractivity contribution is 5.88. The minimum atomic E-state index is -0.418. The van der Waals surface area contributed by atoms with Crippen molar-refractivity contribution in [1.29, 1.82) is 0 Å². The normalized spacial score (nSPS) is 18.3. The van der Waals surface area contributed by atoms with E-state index in [4.69, 9.17) is 0 Å². The number of carbonyl (C=O) groups excluding carboxylic acids is 1. The maximum absolute atomic E-state index is 11.8. The minimum Gasteiger partial charge on any atom is -0.379 e. The molecule has 114 valence electrons. The Morgan fingerprint density at radius 2 is 2.29 bits per heavy atom. The number of nitrogens with one attached hydrogen (secondary N) is 2. The van der Waals surface area contributed by atoms with Crippen LogP contribution in [0.15, 0.2) is 18.2 Å². The van der Waals surface area contributed by atoms with Crippen molar-refractivity contribution >= 4 is 23.0 Å². The second kappa shape index (κ2) is 6.43. The van der Waals surface area contributed by atoms with Crippen LogP contribution >= 0.6 is 0 Å². The van der Waals surface area contributed by atoms with Crippen LogP contribution in [-0.2, 0) is 4.79 Å². The molecule has 7 heteroatoms. The van der Waals surface area contributed by atoms with E-state index in [1.807, 2.05) is 6.92 Å². The molecule has 1 fully saturated rings. The van der Waals surface area contributed by atoms with Gasteiger partial charge in [0.1, 0.15) is 17.4 Å². The minimum absolute atomic E-state index is 0.0347. The van der Waals surface area contributed by atoms with Gasteiger partial charge in [0.25, 0.3) is 0 Å². The van der Waals surface area contributed by atoms with Crippen molar-refractivity contribution in [3.8, 4) is 0 Å². The van der Waals surface area contributed by atoms with Crippen molar-refractivity contribution in [2.45, 2.75) is 26.3 Å². The lowest BCUT2D eigenvalue weighted by atomic mass is 10.1. The third kappa shape index (κ3) is 3.07. The first-order valence-electron chi connectivity index (χ1n) is 7.12. The van der Waals surface area contributed by atoms with Crippen molar-refractivity contribution in [2.24, 2.45) is 0 Å². The first-order valence-corrected chi connectivity index (χ1v) is 7.12. The van der Waals surface area contributed by atoms with Crippen molar-refractivity contribution in [3.63, 3.8) is 0 Å². The zero-order valence-electron chi connectivity index (χ0n) is 12.3. The largest absolute Gasteiger partial charge is 0.379 e. The van der Waals surface area contributed by atoms with Crippen LogP contribution in [-0.4, -0.2) is 36.5 Å². The molecule has 7 nitrogen and oxygen atoms in total. The lowest BCUT2D eigenvalue weighted by Gasteiger charge is -2.34. The summed E-state index contributed by atoms with van der Waals surface area (Å²) in [7, 11) is 0. The summed E-state index contributed by atoms with van der Waals surface area (Å²) >= 11 is 0. The number of anilines is 2. The molecule has 21 heavy (non-hydrogen) atoms. The number of nitrogens with zero attached hydrogens (tertiary/aromatic N) is 2. The van der Waals surface area contributed by atoms with Gasteiger partial charge in [0.2, 0.25) is 5.91 Å². The Morgan fingerprint density at radius 1 is 1.52 bits per heavy atom. The van der Waals surface area contributed by atoms with Crippen molar-refractivity contribution in [1.82, 2.24) is 5.32 Å². The zero-order valence-corrected chi connectivity index (χ0v) is 12.3. The van der Waals surface area contributed by atoms with Crippen molar-refractivity contribution in [2.75, 3.05) is 29.9 Å². The molecule has 1 heterocycles. The van der Waals surface area contributed by atoms with E-state index in [-0.39, 0.29) is 16.5 Å². The summed E-state index contributed by atoms with van der Waals surface area (Å²) in [5, 5.41) is 17.3. The number of para-hydroxylation sites is 1. The van der Waals surface area contributed by atoms with Gasteiger partial charge in [0.15, 0.2) is 0 Å². The van der Waals surface area contributed by atoms with E-state index in [0.29, 0.717) is 31.0 Å². The van der Waals surface area contributed by atoms with Gasteiger partial charge in [-0.2, -0.15) is 0 Å². The third-order valence-corrected chi connectivity index (χ3v) is 3.57. The molecule has 0 radical (unpaired) electrons. The fourth-order valence-corrected chi connectivity index (χ4v) is 2.47. The van der Waals surface area contributed by atoms with Crippen LogP contribution in [0.1, 0.15) is 20.3 Å². The summed E-state index contributed by atoms with van der Waals surface area (Å²) in [5.41, 5.74) is 1.02. The molecule has 1 unspecified atom stereocenters. The topological polar surface area (TPSA) is 87.5 Å². The molecule has 1 saturated heterocycles. The van der Waals surface area contributed by atoms with E-state index in [1.165, 1.54) is 0 Å². The summed E-state index contributed by atoms with van der Waals surface area (Å²) in [6, 6.07) is 4.76. The smallest absolute Gasteiger partial charge is 0.315 e. The molecule has 1 atom stereocenters. The van der Waals surface area contributed by atoms with Crippen LogP contribution in [0.2, 0.25) is 0 Å². The molecule has 1 aromatic rings. The highest BCUT2D eigenvalue weighted by Gasteiger charge is 2.31. The van der Waals surface area contributed by atoms with E-state index in [0.717, 1.165) is 6.42 Å². The molecule has 0 aromatic heterocycles. The molecule has 1 aliphatic heterocycles. The molecule has 1 amide bonds. The van der Waals surface area contributed by atoms with E-state index in [9.17, 15) is 14.9 Å². The molecule has 1 aromatic carbocycles. The van der Waals surface area contributed by atoms with Crippen molar-refractivity contribution < 1.29 is 9.72 Å². The Kier molecular flexibility index (Phi) is 4.62. The number of hydrogen-bond acceptors (Lipinski definition) is 5. The fourth-order valence-electron chi connectivity index (χ4n) is 2.47. The van der Waals surface area contributed by atoms with E-state index >= 15 is 0 Å². The number of nitro benzene ring substituents is 1. The highest BCUT2D eigenvalue weighted by Crippen LogP contribution is 2.36. The average Bonchev–Trinajstić information content (AvgIpc) is 2.47. The summed E-state index contributed by atoms with van der Waals surface area (Å²) in [5.74, 6) is -0.109. The molecule has 2 rings (SSSR count). The van der Waals surface area contributed by atoms with Crippen LogP contribution in [0, 0.1) is 10.1 Å². The molecule has 0 spiro atoms. The summed E-state index contributed by atoms with van der Waals surface area (Å²) < 4.78 is 0. The lowest BCUT2D eigenvalue weighted by molar-refractivity contribution is -0.383. The molecule has 0 saturated carbocycles. The Balaban J connectivity index is 2.42. The molecule has 0 aliphatic carbocycles. The SMILES string of the molecule is CCCNc1cccc(N2CCNC(=O)C2C)c1[N+](=O)[O-]. The van der Waals surface area contributed by atoms with Gasteiger partial charge in [-0.1, -0.05) is 13.0 Å². The van der Waals surface area contributed by atoms with Crippen LogP contribution in [0.3, 0.4) is 0 Å². The maximum atomic E-state index is 11.8. The zero-order chi connectivity index (χ0) is 15.4. The fraction of sp³-hybridized carbons (Fsp3) is 0.500. The number of nitro groups is 1. The predicted molar refractivity (Wildman–Crippen MR) is 81.7 cm³/mol. The van der Waals surface area contributed by atoms with Crippen LogP contribution in [0.5, 0.6) is 0 Å². The predicted octanol–water partition coefficient (Wildman–Crippen LogP) is 1.74. The number of hydrogen-bond donors (Lipinski definition) is 2. The Bertz CT molecular complexity index is 547. The molecular formula is C14H20N4O3. The Morgan fingerprint density at radius 3 is 2.95 bits per heavy atom. The lowest BCUT2D eigenvalue weighted by Crippen LogP contribution is -2.54. The first-order chi connectivity index (χ1) is 10.1. The quantitative estimate of drug-likeness (QED) is 0.637. The van der Waals surface area contributed by atoms with Gasteiger partial charge in [0, 0.05) is 19.6 Å². The maximum Gasteiger partial charge on any atom is 0.315 e. The average molecular weight is 292 g/mol. The number of benzene rings is 1. The molecule has 1 aliphatic rings. The monoisotopic (exact) mass is 292 g/mol. The molecule has 2 N–H and O–H groups in total. The van der Waals surface area contributed by atoms with Crippen molar-refractivity contribution in [3.05, 3.63) is 28.3 Å². The van der Waals surface area contributed by atoms with Crippen LogP contribution in [0.25, 0.3) is 0 Å². The van der Waals surface area contributed by atoms with Gasteiger partial charge in [-0.15, -0.1) is 0 Å². The summed E-state index contributed by atoms with van der Waals surface area (Å²) in [4.78, 5) is 24.7. The second-order valence-electron chi connectivity index (χ2n) is 5.02. The Hall–Kier alpha value is -2.31. The van der Waals surface area contributed by atoms with E-state index in [1.54, 1.807) is 30.0 Å². The van der Waals surface area contributed by atoms with E-state index < -0.39 is 6.04 Å². The number of piperazine rings is 1. The molecular weight excluding hydrogens is 272 g/mol. The summed E-state index contributed by atoms with van der Waals surface area (Å²) in [6.07, 6.45) is 0.879. The Labute approximate surface area is 123 Å². The molecule has 0 bridgehead atoms. The number of carbonyl (C=O) groups is 1. The van der Waals surface area contributed by atoms with Gasteiger partial charge < -0.3 is 15.5 Å². The van der Waals surface area contributed by atoms with E-state index in [2.05, 4.69) is 10.6 Å². The van der Waals surface area contributed by atoms with Gasteiger partial charge in [-0.3, -0.25) is 14.9 Å². The van der Waals surface area contributed by atoms with Crippen LogP contribution in [0.4, 0.5) is 17.1 Å². The van der Waals surface area contributed by atoms with Gasteiger partial charge in [-0.25, -0.2) is 0 Å². The van der Waals surface area contributed by atoms with Gasteiger partial charge in [-0.05, 0) is 25.5 Å². The first kappa shape index (κ1) is 15.1. The number of amides is 1. The van der Waals surface area contributed by atoms with Gasteiger partial charge >= 0.3 is 5.69 Å². The van der Waals surface area contributed by atoms with Crippen LogP contribution < -0.4 is 15.5 Å². The highest BCUT2D eigenvalue weighted by atomic mass is 16.6. The third-order valence-electron chi connectivity index (χ3n) is 3.57. The number of rotatable bonds is 5.